The molecular weight excluding hydrogens is 328 g/mol. The molecule has 0 spiro atoms. The van der Waals surface area contributed by atoms with Crippen molar-refractivity contribution in [2.24, 2.45) is 40.9 Å². The lowest BCUT2D eigenvalue weighted by Gasteiger charge is -2.55. The fraction of sp³-hybridized carbons (Fsp3) is 0.905. The van der Waals surface area contributed by atoms with Crippen molar-refractivity contribution in [2.75, 3.05) is 0 Å². The second-order valence-corrected chi connectivity index (χ2v) is 10.7. The Morgan fingerprint density at radius 3 is 2.12 bits per heavy atom. The topological polar surface area (TPSA) is 41.1 Å². The predicted molar refractivity (Wildman–Crippen MR) is 103 cm³/mol. The van der Waals surface area contributed by atoms with Crippen molar-refractivity contribution in [3.8, 4) is 0 Å². The van der Waals surface area contributed by atoms with E-state index in [-0.39, 0.29) is 11.3 Å². The molecule has 0 heterocycles. The molecule has 4 atom stereocenters. The Morgan fingerprint density at radius 2 is 1.60 bits per heavy atom. The van der Waals surface area contributed by atoms with E-state index in [4.69, 9.17) is 12.2 Å². The van der Waals surface area contributed by atoms with Crippen LogP contribution in [0.25, 0.3) is 0 Å². The van der Waals surface area contributed by atoms with Crippen molar-refractivity contribution in [3.63, 3.8) is 0 Å². The standard InChI is InChI=1S/C21H32N2OS/c1-12(18-8-13-2-3-17(18)7-13)22-20(25)23-19(24)21-9-14-4-15(10-21)6-16(5-14)11-21/h12-18H,2-11H2,1H3,(H2,22,23,24,25)/t12-,13-,14?,15?,16?,17-,18-,21?/m1/s1. The molecule has 0 radical (unpaired) electrons. The fourth-order valence-corrected chi connectivity index (χ4v) is 8.16. The van der Waals surface area contributed by atoms with E-state index in [1.165, 1.54) is 44.9 Å². The van der Waals surface area contributed by atoms with E-state index >= 15 is 0 Å². The van der Waals surface area contributed by atoms with Crippen LogP contribution in [0.15, 0.2) is 0 Å². The highest BCUT2D eigenvalue weighted by atomic mass is 32.1. The first-order chi connectivity index (χ1) is 12.0. The first kappa shape index (κ1) is 16.5. The van der Waals surface area contributed by atoms with Gasteiger partial charge in [0.25, 0.3) is 0 Å². The van der Waals surface area contributed by atoms with Crippen LogP contribution >= 0.6 is 12.2 Å². The van der Waals surface area contributed by atoms with Crippen LogP contribution in [-0.4, -0.2) is 17.1 Å². The van der Waals surface area contributed by atoms with Crippen molar-refractivity contribution in [3.05, 3.63) is 0 Å². The second-order valence-electron chi connectivity index (χ2n) is 10.3. The number of thiocarbonyl (C=S) groups is 1. The van der Waals surface area contributed by atoms with Gasteiger partial charge in [-0.3, -0.25) is 4.79 Å². The molecule has 25 heavy (non-hydrogen) atoms. The Labute approximate surface area is 157 Å². The minimum atomic E-state index is -0.101. The van der Waals surface area contributed by atoms with Gasteiger partial charge in [-0.25, -0.2) is 0 Å². The van der Waals surface area contributed by atoms with Crippen LogP contribution in [0.3, 0.4) is 0 Å². The molecule has 1 amide bonds. The van der Waals surface area contributed by atoms with Gasteiger partial charge in [-0.1, -0.05) is 6.42 Å². The molecule has 6 bridgehead atoms. The van der Waals surface area contributed by atoms with Crippen molar-refractivity contribution in [1.82, 2.24) is 10.6 Å². The van der Waals surface area contributed by atoms with E-state index in [0.717, 1.165) is 54.8 Å². The van der Waals surface area contributed by atoms with Gasteiger partial charge in [0.15, 0.2) is 5.11 Å². The van der Waals surface area contributed by atoms with Crippen LogP contribution in [0.1, 0.15) is 71.1 Å². The van der Waals surface area contributed by atoms with Gasteiger partial charge in [0, 0.05) is 6.04 Å². The number of amides is 1. The highest BCUT2D eigenvalue weighted by molar-refractivity contribution is 7.80. The third-order valence-electron chi connectivity index (χ3n) is 8.54. The van der Waals surface area contributed by atoms with Gasteiger partial charge in [-0.2, -0.15) is 0 Å². The lowest BCUT2D eigenvalue weighted by Crippen LogP contribution is -2.56. The van der Waals surface area contributed by atoms with E-state index in [2.05, 4.69) is 17.6 Å². The average Bonchev–Trinajstić information content (AvgIpc) is 3.16. The van der Waals surface area contributed by atoms with Gasteiger partial charge in [0.05, 0.1) is 5.41 Å². The minimum Gasteiger partial charge on any atom is -0.360 e. The van der Waals surface area contributed by atoms with Gasteiger partial charge >= 0.3 is 0 Å². The Balaban J connectivity index is 1.19. The predicted octanol–water partition coefficient (Wildman–Crippen LogP) is 4.02. The number of hydrogen-bond acceptors (Lipinski definition) is 2. The Kier molecular flexibility index (Phi) is 3.92. The SMILES string of the molecule is C[C@@H](NC(=S)NC(=O)C12CC3CC(CC(C3)C1)C2)[C@H]1C[C@@H]2CC[C@@H]1C2. The molecule has 0 aromatic heterocycles. The number of fused-ring (bicyclic) bond motifs is 2. The van der Waals surface area contributed by atoms with Crippen molar-refractivity contribution in [1.29, 1.82) is 0 Å². The monoisotopic (exact) mass is 360 g/mol. The number of carbonyl (C=O) groups excluding carboxylic acids is 1. The summed E-state index contributed by atoms with van der Waals surface area (Å²) in [6, 6.07) is 0.388. The number of rotatable bonds is 3. The molecule has 6 aliphatic rings. The summed E-state index contributed by atoms with van der Waals surface area (Å²) in [7, 11) is 0. The van der Waals surface area contributed by atoms with Crippen LogP contribution in [0, 0.1) is 40.9 Å². The van der Waals surface area contributed by atoms with E-state index < -0.39 is 0 Å². The highest BCUT2D eigenvalue weighted by Gasteiger charge is 2.54. The van der Waals surface area contributed by atoms with Crippen molar-refractivity contribution >= 4 is 23.2 Å². The number of carbonyl (C=O) groups is 1. The summed E-state index contributed by atoms with van der Waals surface area (Å²) in [5.74, 6) is 5.20. The van der Waals surface area contributed by atoms with E-state index in [0.29, 0.717) is 11.2 Å². The van der Waals surface area contributed by atoms with Gasteiger partial charge in [0.2, 0.25) is 5.91 Å². The van der Waals surface area contributed by atoms with E-state index in [1.54, 1.807) is 0 Å². The van der Waals surface area contributed by atoms with Crippen molar-refractivity contribution < 1.29 is 4.79 Å². The zero-order valence-corrected chi connectivity index (χ0v) is 16.2. The molecule has 0 aliphatic heterocycles. The first-order valence-corrected chi connectivity index (χ1v) is 11.0. The van der Waals surface area contributed by atoms with Crippen LogP contribution in [0.4, 0.5) is 0 Å². The third kappa shape index (κ3) is 2.83. The maximum Gasteiger partial charge on any atom is 0.232 e. The summed E-state index contributed by atoms with van der Waals surface area (Å²) < 4.78 is 0. The summed E-state index contributed by atoms with van der Waals surface area (Å²) in [6.07, 6.45) is 13.0. The molecule has 6 aliphatic carbocycles. The molecular formula is C21H32N2OS. The van der Waals surface area contributed by atoms with Crippen LogP contribution in [0.5, 0.6) is 0 Å². The molecule has 0 unspecified atom stereocenters. The van der Waals surface area contributed by atoms with Crippen LogP contribution in [0.2, 0.25) is 0 Å². The van der Waals surface area contributed by atoms with E-state index in [1.807, 2.05) is 0 Å². The molecule has 0 aromatic rings. The smallest absolute Gasteiger partial charge is 0.232 e. The van der Waals surface area contributed by atoms with Gasteiger partial charge < -0.3 is 10.6 Å². The largest absolute Gasteiger partial charge is 0.360 e. The van der Waals surface area contributed by atoms with Gasteiger partial charge in [0.1, 0.15) is 0 Å². The van der Waals surface area contributed by atoms with E-state index in [9.17, 15) is 4.79 Å². The highest BCUT2D eigenvalue weighted by Crippen LogP contribution is 2.60. The molecule has 0 saturated heterocycles. The maximum atomic E-state index is 13.1. The third-order valence-corrected chi connectivity index (χ3v) is 8.76. The van der Waals surface area contributed by atoms with Crippen LogP contribution in [-0.2, 0) is 4.79 Å². The maximum absolute atomic E-state index is 13.1. The molecule has 138 valence electrons. The Bertz CT molecular complexity index is 553. The fourth-order valence-electron chi connectivity index (χ4n) is 7.88. The number of nitrogens with one attached hydrogen (secondary N) is 2. The van der Waals surface area contributed by atoms with Gasteiger partial charge in [-0.05, 0) is 112 Å². The first-order valence-electron chi connectivity index (χ1n) is 10.6. The van der Waals surface area contributed by atoms with Crippen molar-refractivity contribution in [2.45, 2.75) is 77.2 Å². The second kappa shape index (κ2) is 5.94. The zero-order valence-electron chi connectivity index (χ0n) is 15.4. The molecule has 2 N–H and O–H groups in total. The summed E-state index contributed by atoms with van der Waals surface area (Å²) in [5, 5.41) is 7.17. The molecule has 6 fully saturated rings. The lowest BCUT2D eigenvalue weighted by molar-refractivity contribution is -0.144. The van der Waals surface area contributed by atoms with Gasteiger partial charge in [-0.15, -0.1) is 0 Å². The molecule has 6 saturated carbocycles. The average molecular weight is 361 g/mol. The lowest BCUT2D eigenvalue weighted by atomic mass is 9.49. The quantitative estimate of drug-likeness (QED) is 0.747. The zero-order chi connectivity index (χ0) is 17.2. The molecule has 3 nitrogen and oxygen atoms in total. The normalized spacial score (nSPS) is 47.7. The van der Waals surface area contributed by atoms with Crippen LogP contribution < -0.4 is 10.6 Å². The summed E-state index contributed by atoms with van der Waals surface area (Å²) in [4.78, 5) is 13.1. The minimum absolute atomic E-state index is 0.101. The summed E-state index contributed by atoms with van der Waals surface area (Å²) in [6.45, 7) is 2.26. The number of hydrogen-bond donors (Lipinski definition) is 2. The molecule has 0 aromatic carbocycles. The Hall–Kier alpha value is -0.640. The Morgan fingerprint density at radius 1 is 0.960 bits per heavy atom. The molecule has 4 heteroatoms. The summed E-state index contributed by atoms with van der Waals surface area (Å²) in [5.41, 5.74) is -0.101. The molecule has 6 rings (SSSR count). The summed E-state index contributed by atoms with van der Waals surface area (Å²) >= 11 is 5.54.